The van der Waals surface area contributed by atoms with Gasteiger partial charge in [-0.15, -0.1) is 0 Å². The van der Waals surface area contributed by atoms with Crippen molar-refractivity contribution in [2.24, 2.45) is 0 Å². The van der Waals surface area contributed by atoms with Crippen LogP contribution in [-0.4, -0.2) is 27.3 Å². The number of anilines is 2. The molecule has 7 nitrogen and oxygen atoms in total. The Labute approximate surface area is 206 Å². The van der Waals surface area contributed by atoms with E-state index >= 15 is 0 Å². The highest BCUT2D eigenvalue weighted by molar-refractivity contribution is 7.89. The molecule has 3 aromatic carbocycles. The van der Waals surface area contributed by atoms with Gasteiger partial charge in [0.15, 0.2) is 0 Å². The van der Waals surface area contributed by atoms with Gasteiger partial charge >= 0.3 is 0 Å². The van der Waals surface area contributed by atoms with E-state index in [-0.39, 0.29) is 23.3 Å². The average molecular weight is 492 g/mol. The number of nitrogens with one attached hydrogen (secondary N) is 2. The number of sulfonamides is 1. The van der Waals surface area contributed by atoms with Gasteiger partial charge in [-0.1, -0.05) is 31.2 Å². The third kappa shape index (κ3) is 4.85. The summed E-state index contributed by atoms with van der Waals surface area (Å²) in [7, 11) is -2.11. The van der Waals surface area contributed by atoms with Gasteiger partial charge in [-0.3, -0.25) is 9.59 Å². The van der Waals surface area contributed by atoms with Gasteiger partial charge in [0.2, 0.25) is 15.9 Å². The van der Waals surface area contributed by atoms with Crippen LogP contribution in [0.2, 0.25) is 0 Å². The molecule has 1 aliphatic rings. The molecule has 35 heavy (non-hydrogen) atoms. The van der Waals surface area contributed by atoms with Crippen LogP contribution in [0, 0.1) is 0 Å². The smallest absolute Gasteiger partial charge is 0.255 e. The molecule has 0 unspecified atom stereocenters. The number of hydrogen-bond acceptors (Lipinski definition) is 4. The molecule has 0 radical (unpaired) electrons. The fraction of sp³-hybridized carbons (Fsp3) is 0.259. The van der Waals surface area contributed by atoms with E-state index in [2.05, 4.69) is 17.0 Å². The maximum Gasteiger partial charge on any atom is 0.255 e. The monoisotopic (exact) mass is 491 g/mol. The van der Waals surface area contributed by atoms with E-state index in [1.807, 2.05) is 24.3 Å². The van der Waals surface area contributed by atoms with Crippen LogP contribution in [0.4, 0.5) is 11.4 Å². The van der Waals surface area contributed by atoms with E-state index in [4.69, 9.17) is 0 Å². The van der Waals surface area contributed by atoms with E-state index in [9.17, 15) is 18.0 Å². The Hall–Kier alpha value is -3.49. The Balaban J connectivity index is 1.42. The van der Waals surface area contributed by atoms with Gasteiger partial charge < -0.3 is 10.2 Å². The Morgan fingerprint density at radius 1 is 0.943 bits per heavy atom. The van der Waals surface area contributed by atoms with Gasteiger partial charge in [0, 0.05) is 30.5 Å². The number of fused-ring (bicyclic) bond motifs is 1. The molecule has 4 rings (SSSR count). The minimum absolute atomic E-state index is 0.0715. The highest BCUT2D eigenvalue weighted by Crippen LogP contribution is 2.41. The van der Waals surface area contributed by atoms with Crippen LogP contribution >= 0.6 is 0 Å². The number of carbonyl (C=O) groups is 2. The zero-order chi connectivity index (χ0) is 25.4. The van der Waals surface area contributed by atoms with E-state index in [0.29, 0.717) is 22.4 Å². The highest BCUT2D eigenvalue weighted by atomic mass is 32.2. The molecule has 0 spiro atoms. The Kier molecular flexibility index (Phi) is 6.53. The van der Waals surface area contributed by atoms with Gasteiger partial charge in [-0.2, -0.15) is 0 Å². The van der Waals surface area contributed by atoms with Crippen LogP contribution in [0.3, 0.4) is 0 Å². The first-order valence-electron chi connectivity index (χ1n) is 11.4. The van der Waals surface area contributed by atoms with E-state index in [1.54, 1.807) is 62.2 Å². The molecule has 0 atom stereocenters. The van der Waals surface area contributed by atoms with Gasteiger partial charge in [0.1, 0.15) is 0 Å². The fourth-order valence-electron chi connectivity index (χ4n) is 4.18. The van der Waals surface area contributed by atoms with Crippen LogP contribution in [0.1, 0.15) is 47.8 Å². The maximum atomic E-state index is 12.9. The molecule has 8 heteroatoms. The number of likely N-dealkylation sites (N-methyl/N-ethyl adjacent to an activating group) is 1. The van der Waals surface area contributed by atoms with Crippen LogP contribution in [-0.2, 0) is 33.2 Å². The highest BCUT2D eigenvalue weighted by Gasteiger charge is 2.42. The number of carbonyl (C=O) groups excluding carboxylic acids is 2. The van der Waals surface area contributed by atoms with E-state index in [0.717, 1.165) is 12.1 Å². The second-order valence-electron chi connectivity index (χ2n) is 9.19. The van der Waals surface area contributed by atoms with Gasteiger partial charge in [0.25, 0.3) is 5.91 Å². The number of hydrogen-bond donors (Lipinski definition) is 2. The third-order valence-electron chi connectivity index (χ3n) is 6.45. The first kappa shape index (κ1) is 24.6. The fourth-order valence-corrected chi connectivity index (χ4v) is 5.23. The number of nitrogens with zero attached hydrogens (tertiary/aromatic N) is 1. The molecule has 2 amide bonds. The molecule has 0 fully saturated rings. The first-order chi connectivity index (χ1) is 16.5. The predicted octanol–water partition coefficient (Wildman–Crippen LogP) is 4.23. The molecule has 0 saturated heterocycles. The topological polar surface area (TPSA) is 95.6 Å². The Bertz CT molecular complexity index is 1380. The van der Waals surface area contributed by atoms with Crippen molar-refractivity contribution in [1.82, 2.24) is 4.72 Å². The molecular weight excluding hydrogens is 462 g/mol. The predicted molar refractivity (Wildman–Crippen MR) is 137 cm³/mol. The molecule has 3 aromatic rings. The van der Waals surface area contributed by atoms with Crippen LogP contribution in [0.15, 0.2) is 71.6 Å². The summed E-state index contributed by atoms with van der Waals surface area (Å²) in [5, 5.41) is 2.86. The van der Waals surface area contributed by atoms with Crippen molar-refractivity contribution in [3.63, 3.8) is 0 Å². The van der Waals surface area contributed by atoms with E-state index < -0.39 is 15.4 Å². The van der Waals surface area contributed by atoms with E-state index in [1.165, 1.54) is 11.6 Å². The van der Waals surface area contributed by atoms with Gasteiger partial charge in [-0.05, 0) is 79.4 Å². The molecule has 0 aliphatic carbocycles. The summed E-state index contributed by atoms with van der Waals surface area (Å²) in [4.78, 5) is 26.7. The standard InChI is InChI=1S/C27H29N3O4S/c1-5-18-8-12-21(13-9-18)29-25(31)20-10-6-19(7-11-20)17-28-35(33,34)22-14-15-24-23(16-22)27(2,3)26(32)30(24)4/h6-16,28H,5,17H2,1-4H3,(H,29,31). The third-order valence-corrected chi connectivity index (χ3v) is 7.85. The summed E-state index contributed by atoms with van der Waals surface area (Å²) >= 11 is 0. The quantitative estimate of drug-likeness (QED) is 0.517. The lowest BCUT2D eigenvalue weighted by atomic mass is 9.86. The zero-order valence-corrected chi connectivity index (χ0v) is 21.1. The lowest BCUT2D eigenvalue weighted by Gasteiger charge is -2.17. The summed E-state index contributed by atoms with van der Waals surface area (Å²) in [5.41, 5.74) is 3.72. The van der Waals surface area contributed by atoms with Crippen molar-refractivity contribution in [1.29, 1.82) is 0 Å². The van der Waals surface area contributed by atoms with Gasteiger partial charge in [-0.25, -0.2) is 13.1 Å². The van der Waals surface area contributed by atoms with Crippen molar-refractivity contribution >= 4 is 33.2 Å². The lowest BCUT2D eigenvalue weighted by molar-refractivity contribution is -0.121. The number of amides is 2. The van der Waals surface area contributed by atoms with Gasteiger partial charge in [0.05, 0.1) is 10.3 Å². The summed E-state index contributed by atoms with van der Waals surface area (Å²) in [6, 6.07) is 19.2. The lowest BCUT2D eigenvalue weighted by Crippen LogP contribution is -2.33. The summed E-state index contributed by atoms with van der Waals surface area (Å²) in [6.45, 7) is 5.73. The van der Waals surface area contributed by atoms with Crippen molar-refractivity contribution in [2.45, 2.75) is 44.0 Å². The molecule has 182 valence electrons. The van der Waals surface area contributed by atoms with Crippen LogP contribution < -0.4 is 14.9 Å². The minimum Gasteiger partial charge on any atom is -0.322 e. The molecule has 0 aromatic heterocycles. The summed E-state index contributed by atoms with van der Waals surface area (Å²) in [5.74, 6) is -0.307. The average Bonchev–Trinajstić information content (AvgIpc) is 3.03. The number of rotatable bonds is 7. The second-order valence-corrected chi connectivity index (χ2v) is 11.0. The SMILES string of the molecule is CCc1ccc(NC(=O)c2ccc(CNS(=O)(=O)c3ccc4c(c3)C(C)(C)C(=O)N4C)cc2)cc1. The summed E-state index contributed by atoms with van der Waals surface area (Å²) in [6.07, 6.45) is 0.931. The Morgan fingerprint density at radius 3 is 2.20 bits per heavy atom. The minimum atomic E-state index is -3.80. The van der Waals surface area contributed by atoms with Crippen molar-refractivity contribution in [2.75, 3.05) is 17.3 Å². The molecule has 0 saturated carbocycles. The number of aryl methyl sites for hydroxylation is 1. The Morgan fingerprint density at radius 2 is 1.57 bits per heavy atom. The summed E-state index contributed by atoms with van der Waals surface area (Å²) < 4.78 is 28.5. The van der Waals surface area contributed by atoms with Crippen LogP contribution in [0.25, 0.3) is 0 Å². The van der Waals surface area contributed by atoms with Crippen LogP contribution in [0.5, 0.6) is 0 Å². The van der Waals surface area contributed by atoms with Crippen molar-refractivity contribution < 1.29 is 18.0 Å². The maximum absolute atomic E-state index is 12.9. The molecule has 1 aliphatic heterocycles. The normalized spacial score (nSPS) is 14.6. The van der Waals surface area contributed by atoms with Crippen molar-refractivity contribution in [3.05, 3.63) is 89.0 Å². The molecule has 0 bridgehead atoms. The molecular formula is C27H29N3O4S. The molecule has 2 N–H and O–H groups in total. The number of benzene rings is 3. The van der Waals surface area contributed by atoms with Crippen molar-refractivity contribution in [3.8, 4) is 0 Å². The second kappa shape index (κ2) is 9.28. The largest absolute Gasteiger partial charge is 0.322 e. The molecule has 1 heterocycles. The zero-order valence-electron chi connectivity index (χ0n) is 20.3. The first-order valence-corrected chi connectivity index (χ1v) is 12.9.